The van der Waals surface area contributed by atoms with Crippen LogP contribution in [-0.4, -0.2) is 40.9 Å². The van der Waals surface area contributed by atoms with E-state index in [1.54, 1.807) is 0 Å². The van der Waals surface area contributed by atoms with Gasteiger partial charge in [-0.2, -0.15) is 13.2 Å². The van der Waals surface area contributed by atoms with E-state index in [4.69, 9.17) is 9.47 Å². The lowest BCUT2D eigenvalue weighted by Gasteiger charge is -2.34. The van der Waals surface area contributed by atoms with Gasteiger partial charge in [-0.15, -0.1) is 0 Å². The van der Waals surface area contributed by atoms with Crippen molar-refractivity contribution in [2.45, 2.75) is 11.6 Å². The van der Waals surface area contributed by atoms with Crippen LogP contribution in [0.5, 0.6) is 11.5 Å². The third-order valence-electron chi connectivity index (χ3n) is 6.00. The summed E-state index contributed by atoms with van der Waals surface area (Å²) in [6, 6.07) is 12.1. The van der Waals surface area contributed by atoms with E-state index in [0.717, 1.165) is 30.0 Å². The van der Waals surface area contributed by atoms with Crippen molar-refractivity contribution in [2.75, 3.05) is 25.1 Å². The maximum Gasteiger partial charge on any atom is 0.418 e. The third kappa shape index (κ3) is 4.67. The molecule has 1 aliphatic rings. The van der Waals surface area contributed by atoms with Gasteiger partial charge in [0.25, 0.3) is 6.02 Å². The third-order valence-corrected chi connectivity index (χ3v) is 6.00. The van der Waals surface area contributed by atoms with Gasteiger partial charge in [0.1, 0.15) is 18.0 Å². The number of hydrogen-bond donors (Lipinski definition) is 3. The van der Waals surface area contributed by atoms with Crippen molar-refractivity contribution in [3.8, 4) is 11.5 Å². The van der Waals surface area contributed by atoms with Gasteiger partial charge < -0.3 is 24.9 Å². The molecule has 1 aliphatic heterocycles. The highest BCUT2D eigenvalue weighted by atomic mass is 19.4. The van der Waals surface area contributed by atoms with E-state index < -0.39 is 45.7 Å². The Balaban J connectivity index is 1.37. The first kappa shape index (κ1) is 24.5. The van der Waals surface area contributed by atoms with Gasteiger partial charge in [-0.25, -0.2) is 18.8 Å². The number of nitrogens with one attached hydrogen (secondary N) is 2. The molecule has 0 amide bonds. The van der Waals surface area contributed by atoms with Crippen LogP contribution < -0.4 is 10.1 Å². The molecule has 5 rings (SSSR count). The highest BCUT2D eigenvalue weighted by molar-refractivity contribution is 5.90. The Morgan fingerprint density at radius 1 is 1.11 bits per heavy atom. The van der Waals surface area contributed by atoms with Crippen molar-refractivity contribution < 1.29 is 36.5 Å². The lowest BCUT2D eigenvalue weighted by molar-refractivity contribution is -0.136. The molecule has 12 heteroatoms. The number of ether oxygens (including phenoxy) is 2. The van der Waals surface area contributed by atoms with Crippen LogP contribution in [0.1, 0.15) is 11.1 Å². The second-order valence-corrected chi connectivity index (χ2v) is 8.44. The van der Waals surface area contributed by atoms with Gasteiger partial charge in [0, 0.05) is 30.2 Å². The second-order valence-electron chi connectivity index (χ2n) is 8.44. The minimum atomic E-state index is -4.74. The summed E-state index contributed by atoms with van der Waals surface area (Å²) in [6.07, 6.45) is -2.88. The number of H-pyrrole nitrogens is 1. The summed E-state index contributed by atoms with van der Waals surface area (Å²) in [5.74, 6) is -3.63. The van der Waals surface area contributed by atoms with Crippen molar-refractivity contribution in [1.82, 2.24) is 9.97 Å². The molecular weight excluding hydrogens is 499 g/mol. The highest BCUT2D eigenvalue weighted by Gasteiger charge is 2.37. The summed E-state index contributed by atoms with van der Waals surface area (Å²) < 4.78 is 80.7. The molecule has 3 N–H and O–H groups in total. The molecule has 3 heterocycles. The van der Waals surface area contributed by atoms with Crippen molar-refractivity contribution >= 4 is 22.7 Å². The van der Waals surface area contributed by atoms with Gasteiger partial charge in [-0.05, 0) is 11.6 Å². The number of fused-ring (bicyclic) bond motifs is 1. The summed E-state index contributed by atoms with van der Waals surface area (Å²) in [6.45, 7) is 0.0164. The Morgan fingerprint density at radius 3 is 2.46 bits per heavy atom. The molecular formula is C25H19F5N4O3. The minimum Gasteiger partial charge on any atom is -0.464 e. The fourth-order valence-electron chi connectivity index (χ4n) is 4.05. The van der Waals surface area contributed by atoms with Gasteiger partial charge in [0.2, 0.25) is 0 Å². The monoisotopic (exact) mass is 518 g/mol. The van der Waals surface area contributed by atoms with Crippen molar-refractivity contribution in [2.24, 2.45) is 4.99 Å². The average molecular weight is 518 g/mol. The predicted molar refractivity (Wildman–Crippen MR) is 125 cm³/mol. The van der Waals surface area contributed by atoms with Crippen molar-refractivity contribution in [1.29, 1.82) is 0 Å². The molecule has 1 atom stereocenters. The van der Waals surface area contributed by atoms with Crippen molar-refractivity contribution in [3.63, 3.8) is 0 Å². The van der Waals surface area contributed by atoms with Crippen LogP contribution in [0.3, 0.4) is 0 Å². The first-order valence-electron chi connectivity index (χ1n) is 11.0. The van der Waals surface area contributed by atoms with E-state index in [-0.39, 0.29) is 37.1 Å². The Labute approximate surface area is 206 Å². The number of halogens is 5. The largest absolute Gasteiger partial charge is 0.464 e. The maximum absolute atomic E-state index is 14.8. The van der Waals surface area contributed by atoms with Crippen LogP contribution in [0.4, 0.5) is 27.6 Å². The number of anilines is 1. The summed E-state index contributed by atoms with van der Waals surface area (Å²) in [4.78, 5) is 10.4. The molecule has 0 fully saturated rings. The molecule has 7 nitrogen and oxygen atoms in total. The van der Waals surface area contributed by atoms with E-state index in [2.05, 4.69) is 20.3 Å². The number of aromatic nitrogens is 2. The van der Waals surface area contributed by atoms with E-state index >= 15 is 0 Å². The van der Waals surface area contributed by atoms with Crippen molar-refractivity contribution in [3.05, 3.63) is 83.7 Å². The first-order valence-corrected chi connectivity index (χ1v) is 11.0. The topological polar surface area (TPSA) is 91.8 Å². The standard InChI is InChI=1S/C25H19F5N4O3/c26-17-8-15(34-23-33-11-24(12-35,13-36-23)14-4-2-1-3-5-14)9-18(27)21(17)37-19-6-7-31-22-20(19)16(10-32-22)25(28,29)30/h1-10,35H,11-13H2,(H,31,32)(H,33,34)/t24-/m0/s1. The van der Waals surface area contributed by atoms with Gasteiger partial charge >= 0.3 is 6.18 Å². The summed E-state index contributed by atoms with van der Waals surface area (Å²) in [7, 11) is 0. The molecule has 37 heavy (non-hydrogen) atoms. The number of alkyl halides is 3. The number of aliphatic hydroxyl groups excluding tert-OH is 1. The predicted octanol–water partition coefficient (Wildman–Crippen LogP) is 5.38. The first-order chi connectivity index (χ1) is 17.7. The lowest BCUT2D eigenvalue weighted by Crippen LogP contribution is -2.44. The Hall–Kier alpha value is -4.19. The maximum atomic E-state index is 14.8. The lowest BCUT2D eigenvalue weighted by atomic mass is 9.81. The molecule has 0 radical (unpaired) electrons. The molecule has 0 spiro atoms. The zero-order chi connectivity index (χ0) is 26.2. The Bertz CT molecular complexity index is 1450. The number of aromatic amines is 1. The zero-order valence-corrected chi connectivity index (χ0v) is 18.9. The van der Waals surface area contributed by atoms with E-state index in [0.29, 0.717) is 6.20 Å². The number of amidine groups is 1. The van der Waals surface area contributed by atoms with E-state index in [9.17, 15) is 27.1 Å². The quantitative estimate of drug-likeness (QED) is 0.309. The highest BCUT2D eigenvalue weighted by Crippen LogP contribution is 2.41. The number of hydrogen-bond acceptors (Lipinski definition) is 6. The number of aliphatic hydroxyl groups is 1. The number of nitrogens with zero attached hydrogens (tertiary/aromatic N) is 2. The number of rotatable bonds is 5. The SMILES string of the molecule is OC[C@@]1(c2ccccc2)CN=C(Nc2cc(F)c(Oc3ccnc4[nH]cc(C(F)(F)F)c34)c(F)c2)OC1. The fraction of sp³-hybridized carbons (Fsp3) is 0.200. The fourth-order valence-corrected chi connectivity index (χ4v) is 4.05. The van der Waals surface area contributed by atoms with Crippen LogP contribution in [0.15, 0.2) is 65.9 Å². The molecule has 0 bridgehead atoms. The number of benzene rings is 2. The van der Waals surface area contributed by atoms with Gasteiger partial charge in [0.15, 0.2) is 17.4 Å². The van der Waals surface area contributed by atoms with Gasteiger partial charge in [-0.1, -0.05) is 30.3 Å². The molecule has 0 unspecified atom stereocenters. The Kier molecular flexibility index (Phi) is 6.20. The minimum absolute atomic E-state index is 0.00883. The molecule has 2 aromatic heterocycles. The smallest absolute Gasteiger partial charge is 0.418 e. The normalized spacial score (nSPS) is 17.8. The molecule has 4 aromatic rings. The van der Waals surface area contributed by atoms with Crippen LogP contribution in [0.2, 0.25) is 0 Å². The van der Waals surface area contributed by atoms with E-state index in [1.165, 1.54) is 0 Å². The number of pyridine rings is 1. The molecule has 0 saturated heterocycles. The van der Waals surface area contributed by atoms with Crippen LogP contribution in [0, 0.1) is 11.6 Å². The zero-order valence-electron chi connectivity index (χ0n) is 18.9. The molecule has 0 aliphatic carbocycles. The van der Waals surface area contributed by atoms with Crippen LogP contribution >= 0.6 is 0 Å². The van der Waals surface area contributed by atoms with Gasteiger partial charge in [0.05, 0.1) is 29.5 Å². The van der Waals surface area contributed by atoms with E-state index in [1.807, 2.05) is 30.3 Å². The van der Waals surface area contributed by atoms with Crippen LogP contribution in [-0.2, 0) is 16.3 Å². The molecule has 192 valence electrons. The van der Waals surface area contributed by atoms with Gasteiger partial charge in [-0.3, -0.25) is 0 Å². The molecule has 2 aromatic carbocycles. The number of aliphatic imine (C=N–C) groups is 1. The average Bonchev–Trinajstić information content (AvgIpc) is 3.33. The summed E-state index contributed by atoms with van der Waals surface area (Å²) in [5.41, 5.74) is -1.21. The summed E-state index contributed by atoms with van der Waals surface area (Å²) >= 11 is 0. The Morgan fingerprint density at radius 2 is 1.84 bits per heavy atom. The summed E-state index contributed by atoms with van der Waals surface area (Å²) in [5, 5.41) is 12.2. The molecule has 0 saturated carbocycles. The van der Waals surface area contributed by atoms with Crippen LogP contribution in [0.25, 0.3) is 11.0 Å². The second kappa shape index (κ2) is 9.36.